The zero-order valence-corrected chi connectivity index (χ0v) is 13.2. The van der Waals surface area contributed by atoms with E-state index in [0.29, 0.717) is 32.0 Å². The topological polar surface area (TPSA) is 110 Å². The number of amides is 2. The lowest BCUT2D eigenvalue weighted by molar-refractivity contribution is -0.123. The molecule has 3 rings (SSSR count). The summed E-state index contributed by atoms with van der Waals surface area (Å²) >= 11 is 0. The second-order valence-corrected chi connectivity index (χ2v) is 7.04. The number of morpholine rings is 1. The van der Waals surface area contributed by atoms with Crippen molar-refractivity contribution >= 4 is 27.5 Å². The van der Waals surface area contributed by atoms with Crippen LogP contribution in [0.5, 0.6) is 0 Å². The molecule has 1 aromatic carbocycles. The second-order valence-electron chi connectivity index (χ2n) is 5.47. The fourth-order valence-corrected chi connectivity index (χ4v) is 3.36. The van der Waals surface area contributed by atoms with E-state index in [-0.39, 0.29) is 23.1 Å². The zero-order chi connectivity index (χ0) is 16.6. The average Bonchev–Trinajstić information content (AvgIpc) is 2.82. The molecule has 8 nitrogen and oxygen atoms in total. The molecule has 0 saturated carbocycles. The molecule has 2 N–H and O–H groups in total. The summed E-state index contributed by atoms with van der Waals surface area (Å²) in [4.78, 5) is 27.8. The Labute approximate surface area is 133 Å². The number of nitrogens with zero attached hydrogens (tertiary/aromatic N) is 2. The third-order valence-corrected chi connectivity index (χ3v) is 4.96. The lowest BCUT2D eigenvalue weighted by atomic mass is 10.2. The van der Waals surface area contributed by atoms with E-state index in [1.807, 2.05) is 4.90 Å². The summed E-state index contributed by atoms with van der Waals surface area (Å²) in [5, 5.41) is 5.04. The van der Waals surface area contributed by atoms with Gasteiger partial charge in [0, 0.05) is 13.1 Å². The van der Waals surface area contributed by atoms with Crippen LogP contribution in [0.15, 0.2) is 29.2 Å². The third kappa shape index (κ3) is 3.13. The molecule has 0 radical (unpaired) electrons. The van der Waals surface area contributed by atoms with Crippen LogP contribution in [0.4, 0.5) is 5.69 Å². The summed E-state index contributed by atoms with van der Waals surface area (Å²) in [6.07, 6.45) is 0.121. The van der Waals surface area contributed by atoms with Crippen molar-refractivity contribution < 1.29 is 22.7 Å². The van der Waals surface area contributed by atoms with Crippen molar-refractivity contribution in [1.82, 2.24) is 4.90 Å². The highest BCUT2D eigenvalue weighted by molar-refractivity contribution is 7.89. The molecule has 2 fully saturated rings. The first-order valence-electron chi connectivity index (χ1n) is 7.19. The van der Waals surface area contributed by atoms with E-state index < -0.39 is 16.1 Å². The third-order valence-electron chi connectivity index (χ3n) is 4.03. The molecule has 0 aliphatic carbocycles. The molecule has 2 saturated heterocycles. The van der Waals surface area contributed by atoms with E-state index in [4.69, 9.17) is 9.88 Å². The van der Waals surface area contributed by atoms with Gasteiger partial charge in [-0.15, -0.1) is 0 Å². The Morgan fingerprint density at radius 1 is 1.09 bits per heavy atom. The number of benzene rings is 1. The molecule has 1 unspecified atom stereocenters. The highest BCUT2D eigenvalue weighted by Gasteiger charge is 2.42. The fraction of sp³-hybridized carbons (Fsp3) is 0.429. The van der Waals surface area contributed by atoms with Crippen LogP contribution in [0.25, 0.3) is 0 Å². The molecule has 0 bridgehead atoms. The van der Waals surface area contributed by atoms with Gasteiger partial charge in [-0.25, -0.2) is 18.5 Å². The Hall–Kier alpha value is -1.81. The highest BCUT2D eigenvalue weighted by Crippen LogP contribution is 2.26. The standard InChI is InChI=1S/C14H17N3O5S/c15-23(20,21)11-3-1-10(2-4-11)17-13(18)9-12(14(17)19)16-5-7-22-8-6-16/h1-4,12H,5-9H2,(H2,15,20,21). The van der Waals surface area contributed by atoms with Crippen molar-refractivity contribution in [2.24, 2.45) is 5.14 Å². The predicted octanol–water partition coefficient (Wildman–Crippen LogP) is -0.702. The summed E-state index contributed by atoms with van der Waals surface area (Å²) < 4.78 is 27.8. The first kappa shape index (κ1) is 16.1. The summed E-state index contributed by atoms with van der Waals surface area (Å²) in [7, 11) is -3.81. The maximum Gasteiger partial charge on any atom is 0.251 e. The van der Waals surface area contributed by atoms with Gasteiger partial charge in [-0.2, -0.15) is 0 Å². The van der Waals surface area contributed by atoms with Gasteiger partial charge >= 0.3 is 0 Å². The van der Waals surface area contributed by atoms with Crippen molar-refractivity contribution in [2.45, 2.75) is 17.4 Å². The maximum absolute atomic E-state index is 12.6. The van der Waals surface area contributed by atoms with Gasteiger partial charge in [0.2, 0.25) is 15.9 Å². The smallest absolute Gasteiger partial charge is 0.251 e. The van der Waals surface area contributed by atoms with E-state index in [2.05, 4.69) is 0 Å². The van der Waals surface area contributed by atoms with E-state index in [1.165, 1.54) is 24.3 Å². The van der Waals surface area contributed by atoms with Gasteiger partial charge in [-0.3, -0.25) is 14.5 Å². The van der Waals surface area contributed by atoms with Crippen LogP contribution in [-0.2, 0) is 24.3 Å². The first-order valence-corrected chi connectivity index (χ1v) is 8.74. The predicted molar refractivity (Wildman–Crippen MR) is 81.1 cm³/mol. The van der Waals surface area contributed by atoms with Crippen LogP contribution < -0.4 is 10.0 Å². The number of primary sulfonamides is 1. The largest absolute Gasteiger partial charge is 0.379 e. The molecular weight excluding hydrogens is 322 g/mol. The molecule has 9 heteroatoms. The van der Waals surface area contributed by atoms with Crippen LogP contribution in [0.1, 0.15) is 6.42 Å². The Balaban J connectivity index is 1.82. The number of rotatable bonds is 3. The van der Waals surface area contributed by atoms with Crippen LogP contribution in [0.2, 0.25) is 0 Å². The minimum atomic E-state index is -3.81. The quantitative estimate of drug-likeness (QED) is 0.729. The van der Waals surface area contributed by atoms with Crippen LogP contribution >= 0.6 is 0 Å². The lowest BCUT2D eigenvalue weighted by Gasteiger charge is -2.30. The summed E-state index contributed by atoms with van der Waals surface area (Å²) in [5.41, 5.74) is 0.350. The Morgan fingerprint density at radius 2 is 1.70 bits per heavy atom. The number of nitrogens with two attached hydrogens (primary N) is 1. The first-order chi connectivity index (χ1) is 10.9. The number of hydrogen-bond acceptors (Lipinski definition) is 6. The normalized spacial score (nSPS) is 23.5. The van der Waals surface area contributed by atoms with Gasteiger partial charge in [0.25, 0.3) is 5.91 Å². The Morgan fingerprint density at radius 3 is 2.26 bits per heavy atom. The summed E-state index contributed by atoms with van der Waals surface area (Å²) in [6.45, 7) is 2.31. The van der Waals surface area contributed by atoms with E-state index in [9.17, 15) is 18.0 Å². The number of ether oxygens (including phenoxy) is 1. The number of anilines is 1. The number of hydrogen-bond donors (Lipinski definition) is 1. The van der Waals surface area contributed by atoms with Crippen molar-refractivity contribution in [3.8, 4) is 0 Å². The van der Waals surface area contributed by atoms with Gasteiger partial charge in [-0.1, -0.05) is 0 Å². The average molecular weight is 339 g/mol. The molecule has 2 aliphatic rings. The van der Waals surface area contributed by atoms with Crippen molar-refractivity contribution in [3.05, 3.63) is 24.3 Å². The SMILES string of the molecule is NS(=O)(=O)c1ccc(N2C(=O)CC(N3CCOCC3)C2=O)cc1. The van der Waals surface area contributed by atoms with Crippen molar-refractivity contribution in [2.75, 3.05) is 31.2 Å². The molecule has 0 spiro atoms. The Bertz CT molecular complexity index is 725. The van der Waals surface area contributed by atoms with Gasteiger partial charge in [-0.05, 0) is 24.3 Å². The van der Waals surface area contributed by atoms with Crippen LogP contribution in [0.3, 0.4) is 0 Å². The van der Waals surface area contributed by atoms with Crippen LogP contribution in [0, 0.1) is 0 Å². The summed E-state index contributed by atoms with van der Waals surface area (Å²) in [6, 6.07) is 4.92. The summed E-state index contributed by atoms with van der Waals surface area (Å²) in [5.74, 6) is -0.588. The fourth-order valence-electron chi connectivity index (χ4n) is 2.85. The van der Waals surface area contributed by atoms with Gasteiger partial charge in [0.05, 0.1) is 36.3 Å². The molecule has 124 valence electrons. The van der Waals surface area contributed by atoms with Crippen molar-refractivity contribution in [3.63, 3.8) is 0 Å². The lowest BCUT2D eigenvalue weighted by Crippen LogP contribution is -2.47. The number of carbonyl (C=O) groups excluding carboxylic acids is 2. The molecule has 2 amide bonds. The van der Waals surface area contributed by atoms with Crippen molar-refractivity contribution in [1.29, 1.82) is 0 Å². The molecule has 1 atom stereocenters. The number of carbonyl (C=O) groups is 2. The van der Waals surface area contributed by atoms with E-state index in [0.717, 1.165) is 4.90 Å². The Kier molecular flexibility index (Phi) is 4.19. The van der Waals surface area contributed by atoms with Gasteiger partial charge in [0.1, 0.15) is 0 Å². The zero-order valence-electron chi connectivity index (χ0n) is 12.3. The monoisotopic (exact) mass is 339 g/mol. The molecule has 2 heterocycles. The maximum atomic E-state index is 12.6. The van der Waals surface area contributed by atoms with E-state index in [1.54, 1.807) is 0 Å². The molecule has 1 aromatic rings. The molecule has 2 aliphatic heterocycles. The van der Waals surface area contributed by atoms with E-state index >= 15 is 0 Å². The van der Waals surface area contributed by atoms with Gasteiger partial charge < -0.3 is 4.74 Å². The molecule has 0 aromatic heterocycles. The molecular formula is C14H17N3O5S. The number of sulfonamides is 1. The number of imide groups is 1. The minimum absolute atomic E-state index is 0.0647. The second kappa shape index (κ2) is 6.00. The minimum Gasteiger partial charge on any atom is -0.379 e. The van der Waals surface area contributed by atoms with Crippen LogP contribution in [-0.4, -0.2) is 57.5 Å². The highest BCUT2D eigenvalue weighted by atomic mass is 32.2. The molecule has 23 heavy (non-hydrogen) atoms. The van der Waals surface area contributed by atoms with Gasteiger partial charge in [0.15, 0.2) is 0 Å².